The van der Waals surface area contributed by atoms with E-state index in [1.165, 1.54) is 6.26 Å². The third-order valence-electron chi connectivity index (χ3n) is 4.80. The number of guanidine groups is 1. The number of rotatable bonds is 9. The molecule has 1 atom stereocenters. The average molecular weight is 574 g/mol. The highest BCUT2D eigenvalue weighted by molar-refractivity contribution is 14.0. The lowest BCUT2D eigenvalue weighted by atomic mass is 10.1. The summed E-state index contributed by atoms with van der Waals surface area (Å²) in [6, 6.07) is 9.93. The van der Waals surface area contributed by atoms with E-state index in [0.717, 1.165) is 17.7 Å². The fourth-order valence-corrected chi connectivity index (χ4v) is 3.79. The number of nitrogens with one attached hydrogen (secondary N) is 2. The van der Waals surface area contributed by atoms with E-state index in [1.807, 2.05) is 38.1 Å². The molecule has 0 amide bonds. The maximum Gasteiger partial charge on any atom is 0.191 e. The summed E-state index contributed by atoms with van der Waals surface area (Å²) >= 11 is 0. The second-order valence-electron chi connectivity index (χ2n) is 7.63. The van der Waals surface area contributed by atoms with Gasteiger partial charge in [0.15, 0.2) is 5.96 Å². The van der Waals surface area contributed by atoms with Crippen LogP contribution in [0.1, 0.15) is 36.6 Å². The van der Waals surface area contributed by atoms with Gasteiger partial charge < -0.3 is 16.4 Å². The van der Waals surface area contributed by atoms with Gasteiger partial charge in [-0.3, -0.25) is 4.99 Å². The Morgan fingerprint density at radius 2 is 2.00 bits per heavy atom. The number of nitrogens with zero attached hydrogens (tertiary/aromatic N) is 4. The summed E-state index contributed by atoms with van der Waals surface area (Å²) in [7, 11) is -1.33. The molecule has 32 heavy (non-hydrogen) atoms. The van der Waals surface area contributed by atoms with Crippen molar-refractivity contribution >= 4 is 45.6 Å². The van der Waals surface area contributed by atoms with Crippen LogP contribution in [0, 0.1) is 18.3 Å². The van der Waals surface area contributed by atoms with Crippen molar-refractivity contribution in [2.45, 2.75) is 39.2 Å². The molecule has 0 aliphatic rings. The van der Waals surface area contributed by atoms with E-state index in [9.17, 15) is 13.7 Å². The van der Waals surface area contributed by atoms with Crippen LogP contribution in [0.3, 0.4) is 0 Å². The molecule has 1 aromatic carbocycles. The van der Waals surface area contributed by atoms with E-state index in [2.05, 4.69) is 26.8 Å². The monoisotopic (exact) mass is 573 g/mol. The number of nitrogen functional groups attached to an aromatic ring is 1. The lowest BCUT2D eigenvalue weighted by Gasteiger charge is -2.17. The van der Waals surface area contributed by atoms with Crippen LogP contribution in [-0.4, -0.2) is 55.8 Å². The Labute approximate surface area is 207 Å². The Bertz CT molecular complexity index is 1060. The summed E-state index contributed by atoms with van der Waals surface area (Å²) in [6.45, 7) is 4.53. The first-order valence-corrected chi connectivity index (χ1v) is 12.2. The molecule has 0 aliphatic heterocycles. The second kappa shape index (κ2) is 12.6. The predicted octanol–water partition coefficient (Wildman–Crippen LogP) is 2.17. The Balaban J connectivity index is 0.00000512. The number of halogens is 1. The predicted molar refractivity (Wildman–Crippen MR) is 139 cm³/mol. The van der Waals surface area contributed by atoms with Crippen molar-refractivity contribution < 1.29 is 8.42 Å². The number of sulfone groups is 1. The fourth-order valence-electron chi connectivity index (χ4n) is 3.01. The fraction of sp³-hybridized carbons (Fsp3) is 0.476. The Morgan fingerprint density at radius 1 is 1.34 bits per heavy atom. The third kappa shape index (κ3) is 8.31. The molecule has 0 aliphatic carbocycles. The number of hydrogen-bond acceptors (Lipinski definition) is 6. The molecule has 0 bridgehead atoms. The van der Waals surface area contributed by atoms with Crippen LogP contribution in [-0.2, 0) is 16.3 Å². The maximum atomic E-state index is 11.3. The summed E-state index contributed by atoms with van der Waals surface area (Å²) in [5.41, 5.74) is 9.17. The molecular weight excluding hydrogens is 541 g/mol. The maximum absolute atomic E-state index is 11.3. The highest BCUT2D eigenvalue weighted by Crippen LogP contribution is 2.21. The van der Waals surface area contributed by atoms with Crippen molar-refractivity contribution in [1.82, 2.24) is 20.4 Å². The highest BCUT2D eigenvalue weighted by Gasteiger charge is 2.16. The van der Waals surface area contributed by atoms with Crippen LogP contribution < -0.4 is 16.4 Å². The zero-order valence-corrected chi connectivity index (χ0v) is 22.1. The molecule has 1 heterocycles. The molecule has 0 saturated carbocycles. The summed E-state index contributed by atoms with van der Waals surface area (Å²) in [5, 5.41) is 20.5. The van der Waals surface area contributed by atoms with Crippen LogP contribution in [0.4, 0.5) is 5.82 Å². The molecule has 11 heteroatoms. The number of benzene rings is 1. The SMILES string of the molecule is CN=C(NCCCc1nn(-c2ccc(C)cc2)c(N)c1C#N)NC(C)CCS(C)(=O)=O.I. The van der Waals surface area contributed by atoms with E-state index in [0.29, 0.717) is 42.4 Å². The van der Waals surface area contributed by atoms with Gasteiger partial charge in [0, 0.05) is 25.9 Å². The van der Waals surface area contributed by atoms with Crippen LogP contribution in [0.5, 0.6) is 0 Å². The molecule has 0 spiro atoms. The number of aliphatic imine (C=N–C) groups is 1. The third-order valence-corrected chi connectivity index (χ3v) is 5.77. The molecule has 4 N–H and O–H groups in total. The molecule has 0 fully saturated rings. The van der Waals surface area contributed by atoms with Gasteiger partial charge in [0.2, 0.25) is 0 Å². The van der Waals surface area contributed by atoms with Gasteiger partial charge in [-0.2, -0.15) is 10.4 Å². The van der Waals surface area contributed by atoms with E-state index in [1.54, 1.807) is 11.7 Å². The van der Waals surface area contributed by atoms with Gasteiger partial charge in [-0.25, -0.2) is 13.1 Å². The molecule has 0 saturated heterocycles. The molecule has 9 nitrogen and oxygen atoms in total. The minimum absolute atomic E-state index is 0. The van der Waals surface area contributed by atoms with E-state index >= 15 is 0 Å². The lowest BCUT2D eigenvalue weighted by Crippen LogP contribution is -2.43. The number of nitriles is 1. The van der Waals surface area contributed by atoms with Gasteiger partial charge >= 0.3 is 0 Å². The van der Waals surface area contributed by atoms with Gasteiger partial charge in [-0.15, -0.1) is 24.0 Å². The normalized spacial score (nSPS) is 12.5. The van der Waals surface area contributed by atoms with Crippen LogP contribution in [0.25, 0.3) is 5.69 Å². The van der Waals surface area contributed by atoms with E-state index in [-0.39, 0.29) is 35.8 Å². The lowest BCUT2D eigenvalue weighted by molar-refractivity contribution is 0.580. The Morgan fingerprint density at radius 3 is 2.56 bits per heavy atom. The molecular formula is C21H32IN7O2S. The van der Waals surface area contributed by atoms with Crippen molar-refractivity contribution in [3.8, 4) is 11.8 Å². The molecule has 1 aromatic heterocycles. The number of aryl methyl sites for hydroxylation is 2. The van der Waals surface area contributed by atoms with Crippen molar-refractivity contribution in [2.75, 3.05) is 31.3 Å². The Kier molecular flexibility index (Phi) is 10.9. The largest absolute Gasteiger partial charge is 0.382 e. The molecule has 2 rings (SSSR count). The van der Waals surface area contributed by atoms with E-state index in [4.69, 9.17) is 5.73 Å². The van der Waals surface area contributed by atoms with Crippen LogP contribution >= 0.6 is 24.0 Å². The van der Waals surface area contributed by atoms with Gasteiger partial charge in [-0.05, 0) is 45.2 Å². The molecule has 1 unspecified atom stereocenters. The van der Waals surface area contributed by atoms with Gasteiger partial charge in [0.1, 0.15) is 27.3 Å². The number of nitrogens with two attached hydrogens (primary N) is 1. The molecule has 0 radical (unpaired) electrons. The first-order chi connectivity index (χ1) is 14.6. The first kappa shape index (κ1) is 27.7. The number of anilines is 1. The highest BCUT2D eigenvalue weighted by atomic mass is 127. The van der Waals surface area contributed by atoms with E-state index < -0.39 is 9.84 Å². The quantitative estimate of drug-likeness (QED) is 0.181. The minimum Gasteiger partial charge on any atom is -0.382 e. The Hall–Kier alpha value is -2.33. The van der Waals surface area contributed by atoms with Gasteiger partial charge in [0.05, 0.1) is 17.1 Å². The standard InChI is InChI=1S/C21H31N7O2S.HI/c1-15-7-9-17(10-8-15)28-20(23)18(14-22)19(27-28)6-5-12-25-21(24-3)26-16(2)11-13-31(4,29)30;/h7-10,16H,5-6,11-13,23H2,1-4H3,(H2,24,25,26);1H. The minimum atomic E-state index is -2.99. The van der Waals surface area contributed by atoms with Gasteiger partial charge in [-0.1, -0.05) is 17.7 Å². The first-order valence-electron chi connectivity index (χ1n) is 10.1. The smallest absolute Gasteiger partial charge is 0.191 e. The zero-order chi connectivity index (χ0) is 23.0. The van der Waals surface area contributed by atoms with Crippen LogP contribution in [0.2, 0.25) is 0 Å². The van der Waals surface area contributed by atoms with Crippen LogP contribution in [0.15, 0.2) is 29.3 Å². The topological polar surface area (TPSA) is 138 Å². The molecule has 176 valence electrons. The van der Waals surface area contributed by atoms with Crippen molar-refractivity contribution in [3.05, 3.63) is 41.1 Å². The second-order valence-corrected chi connectivity index (χ2v) is 9.89. The summed E-state index contributed by atoms with van der Waals surface area (Å²) in [6.07, 6.45) is 3.03. The van der Waals surface area contributed by atoms with Crippen molar-refractivity contribution in [2.24, 2.45) is 4.99 Å². The zero-order valence-electron chi connectivity index (χ0n) is 18.9. The van der Waals surface area contributed by atoms with Crippen molar-refractivity contribution in [3.63, 3.8) is 0 Å². The summed E-state index contributed by atoms with van der Waals surface area (Å²) in [5.74, 6) is 1.07. The average Bonchev–Trinajstić information content (AvgIpc) is 3.04. The number of hydrogen-bond donors (Lipinski definition) is 3. The summed E-state index contributed by atoms with van der Waals surface area (Å²) < 4.78 is 24.2. The molecule has 2 aromatic rings. The van der Waals surface area contributed by atoms with Gasteiger partial charge in [0.25, 0.3) is 0 Å². The van der Waals surface area contributed by atoms with Crippen molar-refractivity contribution in [1.29, 1.82) is 5.26 Å². The number of aromatic nitrogens is 2. The summed E-state index contributed by atoms with van der Waals surface area (Å²) in [4.78, 5) is 4.17.